The van der Waals surface area contributed by atoms with Crippen LogP contribution in [0, 0.1) is 5.92 Å². The number of carbonyl (C=O) groups excluding carboxylic acids is 1. The Bertz CT molecular complexity index is 1140. The zero-order valence-electron chi connectivity index (χ0n) is 16.1. The van der Waals surface area contributed by atoms with Crippen LogP contribution in [0.15, 0.2) is 43.2 Å². The number of tetrazole rings is 1. The predicted molar refractivity (Wildman–Crippen MR) is 108 cm³/mol. The number of benzene rings is 1. The summed E-state index contributed by atoms with van der Waals surface area (Å²) >= 11 is 0. The lowest BCUT2D eigenvalue weighted by molar-refractivity contribution is 0.0945. The van der Waals surface area contributed by atoms with Crippen LogP contribution in [-0.4, -0.2) is 65.7 Å². The Balaban J connectivity index is 1.21. The van der Waals surface area contributed by atoms with E-state index in [1.165, 1.54) is 6.33 Å². The van der Waals surface area contributed by atoms with Crippen LogP contribution in [0.25, 0.3) is 16.9 Å². The molecule has 1 aromatic carbocycles. The first-order chi connectivity index (χ1) is 14.8. The molecule has 1 atom stereocenters. The van der Waals surface area contributed by atoms with Crippen molar-refractivity contribution >= 4 is 22.9 Å². The topological polar surface area (TPSA) is 130 Å². The minimum Gasteiger partial charge on any atom is -0.354 e. The van der Waals surface area contributed by atoms with E-state index in [1.54, 1.807) is 29.5 Å². The number of aromatic nitrogens is 8. The van der Waals surface area contributed by atoms with Crippen LogP contribution in [0.5, 0.6) is 0 Å². The van der Waals surface area contributed by atoms with Gasteiger partial charge in [-0.25, -0.2) is 19.6 Å². The number of hydrogen-bond donors (Lipinski definition) is 2. The Hall–Kier alpha value is -3.89. The van der Waals surface area contributed by atoms with Crippen molar-refractivity contribution in [2.75, 3.05) is 24.5 Å². The second kappa shape index (κ2) is 7.85. The van der Waals surface area contributed by atoms with E-state index in [9.17, 15) is 4.79 Å². The fraction of sp³-hybridized carbons (Fsp3) is 0.316. The van der Waals surface area contributed by atoms with E-state index >= 15 is 0 Å². The Morgan fingerprint density at radius 1 is 1.20 bits per heavy atom. The molecule has 1 aliphatic heterocycles. The second-order valence-corrected chi connectivity index (χ2v) is 7.26. The number of H-pyrrole nitrogens is 1. The van der Waals surface area contributed by atoms with E-state index < -0.39 is 0 Å². The Morgan fingerprint density at radius 2 is 2.10 bits per heavy atom. The number of imidazole rings is 1. The molecule has 11 heteroatoms. The largest absolute Gasteiger partial charge is 0.354 e. The summed E-state index contributed by atoms with van der Waals surface area (Å²) < 4.78 is 1.54. The third-order valence-electron chi connectivity index (χ3n) is 5.32. The highest BCUT2D eigenvalue weighted by Gasteiger charge is 2.23. The minimum absolute atomic E-state index is 0.0895. The molecule has 0 spiro atoms. The van der Waals surface area contributed by atoms with Gasteiger partial charge in [-0.15, -0.1) is 5.10 Å². The minimum atomic E-state index is -0.0895. The molecule has 0 bridgehead atoms. The zero-order valence-corrected chi connectivity index (χ0v) is 16.1. The highest BCUT2D eigenvalue weighted by Crippen LogP contribution is 2.25. The van der Waals surface area contributed by atoms with E-state index in [0.29, 0.717) is 23.7 Å². The Morgan fingerprint density at radius 3 is 2.93 bits per heavy atom. The lowest BCUT2D eigenvalue weighted by atomic mass is 9.97. The standard InChI is InChI=1S/C19H20N10O/c30-19(14-3-5-15(6-4-14)29-12-25-26-27-29)20-8-13-2-1-7-28(9-13)18-16-17(22-10-21-16)23-11-24-18/h3-6,10-13H,1-2,7-9H2,(H,20,30)(H,21,22,23,24). The number of fused-ring (bicyclic) bond motifs is 1. The molecule has 152 valence electrons. The molecule has 2 N–H and O–H groups in total. The number of nitrogens with zero attached hydrogens (tertiary/aromatic N) is 8. The molecule has 0 aliphatic carbocycles. The first-order valence-electron chi connectivity index (χ1n) is 9.78. The van der Waals surface area contributed by atoms with Crippen LogP contribution in [0.3, 0.4) is 0 Å². The smallest absolute Gasteiger partial charge is 0.251 e. The molecule has 30 heavy (non-hydrogen) atoms. The van der Waals surface area contributed by atoms with E-state index in [-0.39, 0.29) is 5.91 Å². The summed E-state index contributed by atoms with van der Waals surface area (Å²) in [6, 6.07) is 7.18. The van der Waals surface area contributed by atoms with Gasteiger partial charge in [0.2, 0.25) is 0 Å². The number of hydrogen-bond acceptors (Lipinski definition) is 8. The molecule has 0 radical (unpaired) electrons. The third-order valence-corrected chi connectivity index (χ3v) is 5.32. The van der Waals surface area contributed by atoms with Gasteiger partial charge in [0.1, 0.15) is 18.2 Å². The average molecular weight is 404 g/mol. The summed E-state index contributed by atoms with van der Waals surface area (Å²) in [6.45, 7) is 2.36. The SMILES string of the molecule is O=C(NCC1CCCN(c2ncnc3nc[nH]c23)C1)c1ccc(-n2cnnn2)cc1. The van der Waals surface area contributed by atoms with Gasteiger partial charge < -0.3 is 15.2 Å². The van der Waals surface area contributed by atoms with Crippen LogP contribution >= 0.6 is 0 Å². The molecule has 1 unspecified atom stereocenters. The van der Waals surface area contributed by atoms with Crippen molar-refractivity contribution in [2.24, 2.45) is 5.92 Å². The van der Waals surface area contributed by atoms with Crippen molar-refractivity contribution in [3.8, 4) is 5.69 Å². The van der Waals surface area contributed by atoms with Crippen molar-refractivity contribution < 1.29 is 4.79 Å². The van der Waals surface area contributed by atoms with Crippen molar-refractivity contribution in [3.63, 3.8) is 0 Å². The predicted octanol–water partition coefficient (Wildman–Crippen LogP) is 0.975. The molecule has 3 aromatic heterocycles. The quantitative estimate of drug-likeness (QED) is 0.503. The summed E-state index contributed by atoms with van der Waals surface area (Å²) in [5.41, 5.74) is 2.93. The first kappa shape index (κ1) is 18.2. The van der Waals surface area contributed by atoms with E-state index in [4.69, 9.17) is 0 Å². The van der Waals surface area contributed by atoms with Crippen LogP contribution < -0.4 is 10.2 Å². The second-order valence-electron chi connectivity index (χ2n) is 7.26. The van der Waals surface area contributed by atoms with Gasteiger partial charge in [-0.3, -0.25) is 4.79 Å². The van der Waals surface area contributed by atoms with E-state index in [1.807, 2.05) is 12.1 Å². The average Bonchev–Trinajstić information content (AvgIpc) is 3.50. The van der Waals surface area contributed by atoms with Crippen LogP contribution in [0.1, 0.15) is 23.2 Å². The molecule has 1 fully saturated rings. The molecule has 0 saturated carbocycles. The van der Waals surface area contributed by atoms with Crippen molar-refractivity contribution in [1.82, 2.24) is 45.5 Å². The summed E-state index contributed by atoms with van der Waals surface area (Å²) in [4.78, 5) is 30.8. The molecular formula is C19H20N10O. The zero-order chi connectivity index (χ0) is 20.3. The van der Waals surface area contributed by atoms with Crippen molar-refractivity contribution in [3.05, 3.63) is 48.8 Å². The van der Waals surface area contributed by atoms with Crippen LogP contribution in [-0.2, 0) is 0 Å². The van der Waals surface area contributed by atoms with Gasteiger partial charge in [0.15, 0.2) is 11.5 Å². The highest BCUT2D eigenvalue weighted by molar-refractivity contribution is 5.94. The third kappa shape index (κ3) is 3.56. The maximum atomic E-state index is 12.6. The highest BCUT2D eigenvalue weighted by atomic mass is 16.1. The maximum absolute atomic E-state index is 12.6. The Kier molecular flexibility index (Phi) is 4.75. The van der Waals surface area contributed by atoms with E-state index in [2.05, 4.69) is 45.7 Å². The number of carbonyl (C=O) groups is 1. The van der Waals surface area contributed by atoms with Gasteiger partial charge in [0, 0.05) is 25.2 Å². The number of anilines is 1. The maximum Gasteiger partial charge on any atom is 0.251 e. The lowest BCUT2D eigenvalue weighted by Gasteiger charge is -2.33. The van der Waals surface area contributed by atoms with Crippen LogP contribution in [0.2, 0.25) is 0 Å². The van der Waals surface area contributed by atoms with Gasteiger partial charge in [-0.2, -0.15) is 0 Å². The number of piperidine rings is 1. The number of nitrogens with one attached hydrogen (secondary N) is 2. The fourth-order valence-corrected chi connectivity index (χ4v) is 3.80. The first-order valence-corrected chi connectivity index (χ1v) is 9.78. The molecule has 4 aromatic rings. The van der Waals surface area contributed by atoms with Gasteiger partial charge in [0.25, 0.3) is 5.91 Å². The summed E-state index contributed by atoms with van der Waals surface area (Å²) in [5.74, 6) is 1.12. The van der Waals surface area contributed by atoms with Gasteiger partial charge >= 0.3 is 0 Å². The molecule has 1 aliphatic rings. The molecule has 1 saturated heterocycles. The monoisotopic (exact) mass is 404 g/mol. The molecule has 1 amide bonds. The molecule has 11 nitrogen and oxygen atoms in total. The molecule has 5 rings (SSSR count). The number of rotatable bonds is 5. The van der Waals surface area contributed by atoms with Gasteiger partial charge in [-0.1, -0.05) is 0 Å². The van der Waals surface area contributed by atoms with Crippen molar-refractivity contribution in [2.45, 2.75) is 12.8 Å². The molecular weight excluding hydrogens is 384 g/mol. The summed E-state index contributed by atoms with van der Waals surface area (Å²) in [5, 5.41) is 14.1. The summed E-state index contributed by atoms with van der Waals surface area (Å²) in [6.07, 6.45) is 6.80. The van der Waals surface area contributed by atoms with Gasteiger partial charge in [0.05, 0.1) is 12.0 Å². The summed E-state index contributed by atoms with van der Waals surface area (Å²) in [7, 11) is 0. The fourth-order valence-electron chi connectivity index (χ4n) is 3.80. The number of amides is 1. The normalized spacial score (nSPS) is 16.7. The van der Waals surface area contributed by atoms with Crippen molar-refractivity contribution in [1.29, 1.82) is 0 Å². The molecule has 4 heterocycles. The van der Waals surface area contributed by atoms with E-state index in [0.717, 1.165) is 43.0 Å². The Labute approximate surface area is 171 Å². The van der Waals surface area contributed by atoms with Crippen LogP contribution in [0.4, 0.5) is 5.82 Å². The number of aromatic amines is 1. The van der Waals surface area contributed by atoms with Gasteiger partial charge in [-0.05, 0) is 53.5 Å². The lowest BCUT2D eigenvalue weighted by Crippen LogP contribution is -2.41.